The lowest BCUT2D eigenvalue weighted by atomic mass is 10.3. The van der Waals surface area contributed by atoms with Crippen molar-refractivity contribution in [3.05, 3.63) is 23.7 Å². The Labute approximate surface area is 104 Å². The molecule has 1 aromatic heterocycles. The SMILES string of the molecule is NCCCS(=O)(=O)Nc1ccc2ncsc2c1. The maximum atomic E-state index is 11.7. The third kappa shape index (κ3) is 3.15. The number of nitrogens with one attached hydrogen (secondary N) is 1. The molecule has 1 heterocycles. The summed E-state index contributed by atoms with van der Waals surface area (Å²) in [5.41, 5.74) is 8.47. The Morgan fingerprint density at radius 2 is 2.24 bits per heavy atom. The minimum Gasteiger partial charge on any atom is -0.330 e. The number of benzene rings is 1. The van der Waals surface area contributed by atoms with E-state index in [1.807, 2.05) is 0 Å². The number of hydrogen-bond acceptors (Lipinski definition) is 5. The third-order valence-corrected chi connectivity index (χ3v) is 4.39. The van der Waals surface area contributed by atoms with Crippen LogP contribution in [0.15, 0.2) is 23.7 Å². The predicted octanol–water partition coefficient (Wildman–Crippen LogP) is 1.39. The largest absolute Gasteiger partial charge is 0.330 e. The molecule has 17 heavy (non-hydrogen) atoms. The highest BCUT2D eigenvalue weighted by Crippen LogP contribution is 2.22. The summed E-state index contributed by atoms with van der Waals surface area (Å²) in [6, 6.07) is 5.29. The van der Waals surface area contributed by atoms with E-state index in [-0.39, 0.29) is 5.75 Å². The van der Waals surface area contributed by atoms with Gasteiger partial charge in [0, 0.05) is 0 Å². The monoisotopic (exact) mass is 271 g/mol. The lowest BCUT2D eigenvalue weighted by Gasteiger charge is -2.07. The van der Waals surface area contributed by atoms with Gasteiger partial charge in [-0.1, -0.05) is 0 Å². The number of anilines is 1. The lowest BCUT2D eigenvalue weighted by Crippen LogP contribution is -2.18. The fraction of sp³-hybridized carbons (Fsp3) is 0.300. The van der Waals surface area contributed by atoms with E-state index in [2.05, 4.69) is 9.71 Å². The number of thiazole rings is 1. The second-order valence-electron chi connectivity index (χ2n) is 3.60. The van der Waals surface area contributed by atoms with Crippen LogP contribution in [0.3, 0.4) is 0 Å². The summed E-state index contributed by atoms with van der Waals surface area (Å²) in [4.78, 5) is 4.13. The lowest BCUT2D eigenvalue weighted by molar-refractivity contribution is 0.599. The van der Waals surface area contributed by atoms with Crippen molar-refractivity contribution in [2.45, 2.75) is 6.42 Å². The molecule has 0 amide bonds. The van der Waals surface area contributed by atoms with Crippen LogP contribution >= 0.6 is 11.3 Å². The van der Waals surface area contributed by atoms with Crippen LogP contribution in [-0.2, 0) is 10.0 Å². The van der Waals surface area contributed by atoms with Gasteiger partial charge in [-0.25, -0.2) is 13.4 Å². The van der Waals surface area contributed by atoms with Crippen LogP contribution in [0.25, 0.3) is 10.2 Å². The topological polar surface area (TPSA) is 85.1 Å². The average molecular weight is 271 g/mol. The Morgan fingerprint density at radius 3 is 3.00 bits per heavy atom. The van der Waals surface area contributed by atoms with E-state index in [0.717, 1.165) is 10.2 Å². The normalized spacial score (nSPS) is 11.8. The molecule has 7 heteroatoms. The summed E-state index contributed by atoms with van der Waals surface area (Å²) in [5, 5.41) is 0. The molecule has 3 N–H and O–H groups in total. The second kappa shape index (κ2) is 4.99. The highest BCUT2D eigenvalue weighted by Gasteiger charge is 2.10. The molecule has 0 aliphatic heterocycles. The van der Waals surface area contributed by atoms with Crippen molar-refractivity contribution in [3.63, 3.8) is 0 Å². The van der Waals surface area contributed by atoms with Gasteiger partial charge in [0.05, 0.1) is 27.2 Å². The van der Waals surface area contributed by atoms with Crippen LogP contribution in [0.5, 0.6) is 0 Å². The summed E-state index contributed by atoms with van der Waals surface area (Å²) in [5.74, 6) is 0.0459. The Hall–Kier alpha value is -1.18. The zero-order chi connectivity index (χ0) is 12.3. The van der Waals surface area contributed by atoms with E-state index in [9.17, 15) is 8.42 Å². The van der Waals surface area contributed by atoms with E-state index in [0.29, 0.717) is 18.7 Å². The van der Waals surface area contributed by atoms with Crippen LogP contribution in [0.1, 0.15) is 6.42 Å². The van der Waals surface area contributed by atoms with Gasteiger partial charge in [0.25, 0.3) is 0 Å². The molecule has 2 rings (SSSR count). The first-order chi connectivity index (χ1) is 8.11. The first-order valence-corrected chi connectivity index (χ1v) is 7.68. The zero-order valence-electron chi connectivity index (χ0n) is 9.09. The molecular weight excluding hydrogens is 258 g/mol. The van der Waals surface area contributed by atoms with Crippen LogP contribution in [-0.4, -0.2) is 25.7 Å². The summed E-state index contributed by atoms with van der Waals surface area (Å²) in [6.07, 6.45) is 0.456. The third-order valence-electron chi connectivity index (χ3n) is 2.22. The summed E-state index contributed by atoms with van der Waals surface area (Å²) < 4.78 is 26.8. The predicted molar refractivity (Wildman–Crippen MR) is 70.7 cm³/mol. The van der Waals surface area contributed by atoms with Gasteiger partial charge in [0.2, 0.25) is 10.0 Å². The summed E-state index contributed by atoms with van der Waals surface area (Å²) >= 11 is 1.48. The van der Waals surface area contributed by atoms with Crippen LogP contribution in [0.4, 0.5) is 5.69 Å². The number of nitrogens with two attached hydrogens (primary N) is 1. The molecule has 0 aliphatic rings. The fourth-order valence-electron chi connectivity index (χ4n) is 1.42. The van der Waals surface area contributed by atoms with E-state index in [1.165, 1.54) is 11.3 Å². The maximum absolute atomic E-state index is 11.7. The van der Waals surface area contributed by atoms with Gasteiger partial charge in [0.1, 0.15) is 0 Å². The van der Waals surface area contributed by atoms with Crippen molar-refractivity contribution >= 4 is 37.3 Å². The van der Waals surface area contributed by atoms with E-state index in [4.69, 9.17) is 5.73 Å². The molecule has 0 radical (unpaired) electrons. The standard InChI is InChI=1S/C10H13N3O2S2/c11-4-1-5-17(14,15)13-8-2-3-9-10(6-8)16-7-12-9/h2-3,6-7,13H,1,4-5,11H2. The second-order valence-corrected chi connectivity index (χ2v) is 6.33. The molecule has 0 unspecified atom stereocenters. The Bertz CT molecular complexity index is 607. The Kier molecular flexibility index (Phi) is 3.60. The Balaban J connectivity index is 2.17. The molecule has 0 spiro atoms. The number of fused-ring (bicyclic) bond motifs is 1. The molecule has 0 atom stereocenters. The molecule has 0 fully saturated rings. The van der Waals surface area contributed by atoms with Gasteiger partial charge in [-0.2, -0.15) is 0 Å². The van der Waals surface area contributed by atoms with Crippen molar-refractivity contribution < 1.29 is 8.42 Å². The molecule has 5 nitrogen and oxygen atoms in total. The van der Waals surface area contributed by atoms with Gasteiger partial charge in [-0.15, -0.1) is 11.3 Å². The number of sulfonamides is 1. The molecule has 0 saturated heterocycles. The minimum absolute atomic E-state index is 0.0459. The highest BCUT2D eigenvalue weighted by molar-refractivity contribution is 7.92. The number of nitrogens with zero attached hydrogens (tertiary/aromatic N) is 1. The van der Waals surface area contributed by atoms with Gasteiger partial charge < -0.3 is 5.73 Å². The quantitative estimate of drug-likeness (QED) is 0.860. The molecule has 0 saturated carbocycles. The van der Waals surface area contributed by atoms with Crippen LogP contribution < -0.4 is 10.5 Å². The van der Waals surface area contributed by atoms with Crippen molar-refractivity contribution in [1.29, 1.82) is 0 Å². The van der Waals surface area contributed by atoms with E-state index >= 15 is 0 Å². The van der Waals surface area contributed by atoms with Crippen LogP contribution in [0, 0.1) is 0 Å². The van der Waals surface area contributed by atoms with Gasteiger partial charge >= 0.3 is 0 Å². The number of hydrogen-bond donors (Lipinski definition) is 2. The molecule has 0 bridgehead atoms. The van der Waals surface area contributed by atoms with Crippen molar-refractivity contribution in [2.24, 2.45) is 5.73 Å². The number of rotatable bonds is 5. The molecule has 0 aliphatic carbocycles. The fourth-order valence-corrected chi connectivity index (χ4v) is 3.27. The molecule has 1 aromatic carbocycles. The van der Waals surface area contributed by atoms with Gasteiger partial charge in [-0.05, 0) is 31.2 Å². The molecular formula is C10H13N3O2S2. The average Bonchev–Trinajstić information content (AvgIpc) is 2.73. The summed E-state index contributed by atoms with van der Waals surface area (Å²) in [7, 11) is -3.29. The van der Waals surface area contributed by atoms with Crippen LogP contribution in [0.2, 0.25) is 0 Å². The maximum Gasteiger partial charge on any atom is 0.232 e. The van der Waals surface area contributed by atoms with Crippen molar-refractivity contribution in [1.82, 2.24) is 4.98 Å². The van der Waals surface area contributed by atoms with E-state index in [1.54, 1.807) is 23.7 Å². The number of aromatic nitrogens is 1. The first kappa shape index (κ1) is 12.3. The van der Waals surface area contributed by atoms with Crippen molar-refractivity contribution in [3.8, 4) is 0 Å². The molecule has 92 valence electrons. The first-order valence-electron chi connectivity index (χ1n) is 5.14. The highest BCUT2D eigenvalue weighted by atomic mass is 32.2. The molecule has 2 aromatic rings. The summed E-state index contributed by atoms with van der Waals surface area (Å²) in [6.45, 7) is 0.370. The minimum atomic E-state index is -3.29. The van der Waals surface area contributed by atoms with Crippen molar-refractivity contribution in [2.75, 3.05) is 17.0 Å². The van der Waals surface area contributed by atoms with Gasteiger partial charge in [-0.3, -0.25) is 4.72 Å². The van der Waals surface area contributed by atoms with E-state index < -0.39 is 10.0 Å². The van der Waals surface area contributed by atoms with Gasteiger partial charge in [0.15, 0.2) is 0 Å². The zero-order valence-corrected chi connectivity index (χ0v) is 10.7. The smallest absolute Gasteiger partial charge is 0.232 e. The Morgan fingerprint density at radius 1 is 1.41 bits per heavy atom.